The van der Waals surface area contributed by atoms with Crippen LogP contribution in [0.3, 0.4) is 0 Å². The van der Waals surface area contributed by atoms with Gasteiger partial charge in [-0.15, -0.1) is 0 Å². The first-order chi connectivity index (χ1) is 15.2. The summed E-state index contributed by atoms with van der Waals surface area (Å²) in [5.74, 6) is 0.631. The van der Waals surface area contributed by atoms with Gasteiger partial charge in [-0.3, -0.25) is 0 Å². The van der Waals surface area contributed by atoms with Crippen LogP contribution in [0.4, 0.5) is 0 Å². The highest BCUT2D eigenvalue weighted by atomic mass is 16.5. The van der Waals surface area contributed by atoms with Crippen LogP contribution >= 0.6 is 0 Å². The molecular weight excluding hydrogens is 388 g/mol. The van der Waals surface area contributed by atoms with Gasteiger partial charge in [0.25, 0.3) is 0 Å². The fourth-order valence-electron chi connectivity index (χ4n) is 3.95. The van der Waals surface area contributed by atoms with Gasteiger partial charge in [0, 0.05) is 21.5 Å². The lowest BCUT2D eigenvalue weighted by atomic mass is 9.98. The van der Waals surface area contributed by atoms with Gasteiger partial charge in [-0.2, -0.15) is 0 Å². The molecule has 0 saturated heterocycles. The van der Waals surface area contributed by atoms with E-state index in [2.05, 4.69) is 19.9 Å². The topological polar surface area (TPSA) is 55.8 Å². The van der Waals surface area contributed by atoms with E-state index in [0.717, 1.165) is 58.7 Å². The van der Waals surface area contributed by atoms with Crippen LogP contribution in [0.25, 0.3) is 21.5 Å². The van der Waals surface area contributed by atoms with Crippen molar-refractivity contribution < 1.29 is 19.4 Å². The molecule has 0 bridgehead atoms. The normalized spacial score (nSPS) is 11.2. The standard InChI is InChI=1S/C27H34O4/c1-3-5-7-11-17-30-25-21-13-9-10-14-22(21)26(31-18-12-8-6-4-2)24-19-20(27(28)29)15-16-23(24)25/h9-10,13-16,19H,3-8,11-12,17-18H2,1-2H3,(H,28,29). The predicted molar refractivity (Wildman–Crippen MR) is 128 cm³/mol. The first-order valence-electron chi connectivity index (χ1n) is 11.6. The van der Waals surface area contributed by atoms with Crippen LogP contribution in [0, 0.1) is 0 Å². The van der Waals surface area contributed by atoms with Crippen LogP contribution in [0.5, 0.6) is 11.5 Å². The van der Waals surface area contributed by atoms with Crippen molar-refractivity contribution >= 4 is 27.5 Å². The van der Waals surface area contributed by atoms with Crippen molar-refractivity contribution in [2.24, 2.45) is 0 Å². The minimum Gasteiger partial charge on any atom is -0.492 e. The first-order valence-corrected chi connectivity index (χ1v) is 11.6. The molecule has 0 atom stereocenters. The Morgan fingerprint density at radius 3 is 1.74 bits per heavy atom. The van der Waals surface area contributed by atoms with Crippen molar-refractivity contribution in [1.82, 2.24) is 0 Å². The third-order valence-corrected chi connectivity index (χ3v) is 5.66. The molecule has 0 aliphatic carbocycles. The Morgan fingerprint density at radius 2 is 1.23 bits per heavy atom. The Morgan fingerprint density at radius 1 is 0.710 bits per heavy atom. The van der Waals surface area contributed by atoms with Crippen molar-refractivity contribution in [1.29, 1.82) is 0 Å². The maximum absolute atomic E-state index is 11.6. The number of hydrogen-bond donors (Lipinski definition) is 1. The van der Waals surface area contributed by atoms with E-state index in [9.17, 15) is 9.90 Å². The third kappa shape index (κ3) is 5.69. The van der Waals surface area contributed by atoms with Crippen molar-refractivity contribution in [2.45, 2.75) is 65.2 Å². The zero-order chi connectivity index (χ0) is 22.1. The largest absolute Gasteiger partial charge is 0.492 e. The van der Waals surface area contributed by atoms with E-state index in [4.69, 9.17) is 9.47 Å². The van der Waals surface area contributed by atoms with Gasteiger partial charge >= 0.3 is 5.97 Å². The van der Waals surface area contributed by atoms with Crippen LogP contribution in [0.2, 0.25) is 0 Å². The van der Waals surface area contributed by atoms with Crippen molar-refractivity contribution in [3.8, 4) is 11.5 Å². The Hall–Kier alpha value is -2.75. The molecule has 0 amide bonds. The Bertz CT molecular complexity index is 1010. The summed E-state index contributed by atoms with van der Waals surface area (Å²) in [6.07, 6.45) is 9.04. The predicted octanol–water partition coefficient (Wildman–Crippen LogP) is 7.61. The molecule has 0 aliphatic rings. The average Bonchev–Trinajstić information content (AvgIpc) is 2.79. The number of aromatic carboxylic acids is 1. The zero-order valence-electron chi connectivity index (χ0n) is 18.8. The first kappa shape index (κ1) is 22.9. The van der Waals surface area contributed by atoms with Crippen LogP contribution in [-0.2, 0) is 0 Å². The molecule has 0 spiro atoms. The number of carboxylic acids is 1. The van der Waals surface area contributed by atoms with E-state index in [0.29, 0.717) is 13.2 Å². The van der Waals surface area contributed by atoms with Crippen LogP contribution in [0.1, 0.15) is 75.6 Å². The molecule has 4 heteroatoms. The summed E-state index contributed by atoms with van der Waals surface area (Å²) in [5.41, 5.74) is 0.257. The van der Waals surface area contributed by atoms with Gasteiger partial charge in [0.15, 0.2) is 0 Å². The number of fused-ring (bicyclic) bond motifs is 2. The van der Waals surface area contributed by atoms with Crippen LogP contribution in [0.15, 0.2) is 42.5 Å². The molecule has 3 aromatic rings. The molecule has 0 aliphatic heterocycles. The van der Waals surface area contributed by atoms with Crippen LogP contribution < -0.4 is 9.47 Å². The number of rotatable bonds is 13. The average molecular weight is 423 g/mol. The second kappa shape index (κ2) is 11.6. The van der Waals surface area contributed by atoms with Gasteiger partial charge in [0.1, 0.15) is 11.5 Å². The minimum atomic E-state index is -0.939. The van der Waals surface area contributed by atoms with Gasteiger partial charge in [-0.25, -0.2) is 4.79 Å². The number of carboxylic acid groups (broad SMARTS) is 1. The molecule has 0 unspecified atom stereocenters. The van der Waals surface area contributed by atoms with E-state index in [-0.39, 0.29) is 5.56 Å². The summed E-state index contributed by atoms with van der Waals surface area (Å²) in [4.78, 5) is 11.6. The van der Waals surface area contributed by atoms with Gasteiger partial charge in [0.05, 0.1) is 18.8 Å². The molecule has 0 fully saturated rings. The van der Waals surface area contributed by atoms with E-state index in [1.54, 1.807) is 12.1 Å². The molecule has 0 heterocycles. The fourth-order valence-corrected chi connectivity index (χ4v) is 3.95. The van der Waals surface area contributed by atoms with E-state index in [1.807, 2.05) is 24.3 Å². The maximum Gasteiger partial charge on any atom is 0.335 e. The number of carbonyl (C=O) groups is 1. The fraction of sp³-hybridized carbons (Fsp3) is 0.444. The Balaban J connectivity index is 2.03. The number of ether oxygens (including phenoxy) is 2. The van der Waals surface area contributed by atoms with Gasteiger partial charge in [-0.05, 0) is 31.0 Å². The number of hydrogen-bond acceptors (Lipinski definition) is 3. The minimum absolute atomic E-state index is 0.257. The molecule has 0 saturated carbocycles. The summed E-state index contributed by atoms with van der Waals surface area (Å²) < 4.78 is 12.6. The quantitative estimate of drug-likeness (QED) is 0.227. The van der Waals surface area contributed by atoms with E-state index in [1.165, 1.54) is 25.7 Å². The lowest BCUT2D eigenvalue weighted by Gasteiger charge is -2.18. The highest BCUT2D eigenvalue weighted by Crippen LogP contribution is 2.43. The molecule has 3 rings (SSSR count). The Labute approximate surface area is 185 Å². The monoisotopic (exact) mass is 422 g/mol. The summed E-state index contributed by atoms with van der Waals surface area (Å²) >= 11 is 0. The molecular formula is C27H34O4. The van der Waals surface area contributed by atoms with Gasteiger partial charge < -0.3 is 14.6 Å². The summed E-state index contributed by atoms with van der Waals surface area (Å²) in [7, 11) is 0. The lowest BCUT2D eigenvalue weighted by molar-refractivity contribution is 0.0697. The molecule has 0 aromatic heterocycles. The lowest BCUT2D eigenvalue weighted by Crippen LogP contribution is -2.03. The summed E-state index contributed by atoms with van der Waals surface area (Å²) in [6, 6.07) is 13.3. The van der Waals surface area contributed by atoms with E-state index < -0.39 is 5.97 Å². The Kier molecular flexibility index (Phi) is 8.57. The van der Waals surface area contributed by atoms with Crippen molar-refractivity contribution in [3.63, 3.8) is 0 Å². The second-order valence-electron chi connectivity index (χ2n) is 8.09. The molecule has 3 aromatic carbocycles. The third-order valence-electron chi connectivity index (χ3n) is 5.66. The van der Waals surface area contributed by atoms with Crippen molar-refractivity contribution in [2.75, 3.05) is 13.2 Å². The molecule has 166 valence electrons. The highest BCUT2D eigenvalue weighted by molar-refractivity contribution is 6.12. The highest BCUT2D eigenvalue weighted by Gasteiger charge is 2.18. The summed E-state index contributed by atoms with van der Waals surface area (Å²) in [6.45, 7) is 5.66. The number of benzene rings is 3. The summed E-state index contributed by atoms with van der Waals surface area (Å²) in [5, 5.41) is 13.2. The smallest absolute Gasteiger partial charge is 0.335 e. The molecule has 4 nitrogen and oxygen atoms in total. The van der Waals surface area contributed by atoms with E-state index >= 15 is 0 Å². The SMILES string of the molecule is CCCCCCOc1c2ccccc2c(OCCCCCC)c2cc(C(=O)O)ccc12. The number of unbranched alkanes of at least 4 members (excludes halogenated alkanes) is 6. The zero-order valence-corrected chi connectivity index (χ0v) is 18.8. The van der Waals surface area contributed by atoms with Gasteiger partial charge in [0.2, 0.25) is 0 Å². The maximum atomic E-state index is 11.6. The second-order valence-corrected chi connectivity index (χ2v) is 8.09. The van der Waals surface area contributed by atoms with Crippen LogP contribution in [-0.4, -0.2) is 24.3 Å². The molecule has 1 N–H and O–H groups in total. The van der Waals surface area contributed by atoms with Gasteiger partial charge in [-0.1, -0.05) is 76.6 Å². The molecule has 0 radical (unpaired) electrons. The van der Waals surface area contributed by atoms with Crippen molar-refractivity contribution in [3.05, 3.63) is 48.0 Å². The molecule has 31 heavy (non-hydrogen) atoms.